The topological polar surface area (TPSA) is 135 Å². The maximum atomic E-state index is 12.8. The Kier molecular flexibility index (Phi) is 39.6. The van der Waals surface area contributed by atoms with Crippen molar-refractivity contribution in [2.24, 2.45) is 0 Å². The summed E-state index contributed by atoms with van der Waals surface area (Å²) in [5.74, 6) is -0.310. The van der Waals surface area contributed by atoms with E-state index in [1.54, 1.807) is 0 Å². The predicted molar refractivity (Wildman–Crippen MR) is 242 cm³/mol. The van der Waals surface area contributed by atoms with Gasteiger partial charge >= 0.3 is 5.97 Å². The molecule has 0 amide bonds. The first-order valence-electron chi connectivity index (χ1n) is 24.9. The second kappa shape index (κ2) is 42.0. The molecular formula is C50H94O9. The fourth-order valence-corrected chi connectivity index (χ4v) is 7.70. The Bertz CT molecular complexity index is 957. The minimum absolute atomic E-state index is 0.110. The van der Waals surface area contributed by atoms with Gasteiger partial charge in [-0.1, -0.05) is 199 Å². The zero-order valence-electron chi connectivity index (χ0n) is 38.3. The molecule has 1 fully saturated rings. The Morgan fingerprint density at radius 2 is 0.983 bits per heavy atom. The van der Waals surface area contributed by atoms with Crippen molar-refractivity contribution in [1.82, 2.24) is 0 Å². The van der Waals surface area contributed by atoms with E-state index in [0.717, 1.165) is 38.5 Å². The van der Waals surface area contributed by atoms with Crippen LogP contribution in [0.3, 0.4) is 0 Å². The van der Waals surface area contributed by atoms with Crippen molar-refractivity contribution in [3.8, 4) is 0 Å². The molecule has 348 valence electrons. The summed E-state index contributed by atoms with van der Waals surface area (Å²) in [6.45, 7) is 4.57. The Hall–Kier alpha value is -1.33. The third kappa shape index (κ3) is 33.0. The molecule has 9 heteroatoms. The first-order valence-corrected chi connectivity index (χ1v) is 24.9. The van der Waals surface area contributed by atoms with Gasteiger partial charge in [0.1, 0.15) is 30.5 Å². The van der Waals surface area contributed by atoms with Gasteiger partial charge in [-0.05, 0) is 44.9 Å². The molecule has 0 saturated carbocycles. The second-order valence-corrected chi connectivity index (χ2v) is 17.3. The van der Waals surface area contributed by atoms with Gasteiger partial charge < -0.3 is 39.4 Å². The summed E-state index contributed by atoms with van der Waals surface area (Å²) in [5, 5.41) is 40.2. The molecule has 0 radical (unpaired) electrons. The van der Waals surface area contributed by atoms with Crippen molar-refractivity contribution < 1.29 is 44.2 Å². The number of carbonyl (C=O) groups excluding carboxylic acids is 1. The molecule has 1 rings (SSSR count). The van der Waals surface area contributed by atoms with Crippen LogP contribution >= 0.6 is 0 Å². The normalized spacial score (nSPS) is 20.3. The lowest BCUT2D eigenvalue weighted by atomic mass is 9.99. The highest BCUT2D eigenvalue weighted by atomic mass is 16.7. The van der Waals surface area contributed by atoms with Crippen LogP contribution in [0.5, 0.6) is 0 Å². The van der Waals surface area contributed by atoms with E-state index in [4.69, 9.17) is 18.9 Å². The highest BCUT2D eigenvalue weighted by molar-refractivity contribution is 5.69. The minimum atomic E-state index is -1.53. The number of rotatable bonds is 43. The second-order valence-electron chi connectivity index (χ2n) is 17.3. The summed E-state index contributed by atoms with van der Waals surface area (Å²) in [4.78, 5) is 12.8. The van der Waals surface area contributed by atoms with Crippen LogP contribution in [0, 0.1) is 0 Å². The largest absolute Gasteiger partial charge is 0.457 e. The Morgan fingerprint density at radius 3 is 1.49 bits per heavy atom. The molecule has 9 nitrogen and oxygen atoms in total. The van der Waals surface area contributed by atoms with Gasteiger partial charge in [0.25, 0.3) is 0 Å². The van der Waals surface area contributed by atoms with Crippen LogP contribution in [-0.4, -0.2) is 89.6 Å². The summed E-state index contributed by atoms with van der Waals surface area (Å²) in [5.41, 5.74) is 0. The van der Waals surface area contributed by atoms with E-state index in [2.05, 4.69) is 38.2 Å². The van der Waals surface area contributed by atoms with Gasteiger partial charge in [-0.2, -0.15) is 0 Å². The molecule has 1 aliphatic heterocycles. The number of aliphatic hydroxyl groups excluding tert-OH is 4. The van der Waals surface area contributed by atoms with Gasteiger partial charge in [-0.15, -0.1) is 0 Å². The highest BCUT2D eigenvalue weighted by Gasteiger charge is 2.44. The van der Waals surface area contributed by atoms with E-state index in [1.165, 1.54) is 167 Å². The fourth-order valence-electron chi connectivity index (χ4n) is 7.70. The quantitative estimate of drug-likeness (QED) is 0.0269. The summed E-state index contributed by atoms with van der Waals surface area (Å²) >= 11 is 0. The van der Waals surface area contributed by atoms with Crippen molar-refractivity contribution in [1.29, 1.82) is 0 Å². The summed E-state index contributed by atoms with van der Waals surface area (Å²) in [6, 6.07) is 0. The van der Waals surface area contributed by atoms with Crippen LogP contribution in [0.15, 0.2) is 24.3 Å². The lowest BCUT2D eigenvalue weighted by Gasteiger charge is -2.39. The van der Waals surface area contributed by atoms with Crippen LogP contribution < -0.4 is 0 Å². The monoisotopic (exact) mass is 839 g/mol. The molecule has 0 aromatic heterocycles. The average molecular weight is 839 g/mol. The van der Waals surface area contributed by atoms with Gasteiger partial charge in [-0.3, -0.25) is 4.79 Å². The minimum Gasteiger partial charge on any atom is -0.457 e. The van der Waals surface area contributed by atoms with Crippen LogP contribution in [-0.2, 0) is 23.7 Å². The first kappa shape index (κ1) is 55.7. The maximum Gasteiger partial charge on any atom is 0.306 e. The standard InChI is InChI=1S/C50H94O9/c1-3-5-7-9-11-13-15-17-19-21-22-23-24-26-28-30-32-34-36-38-40-56-42-44(43-57-50-49(55)48(54)47(53)45(41-51)59-50)58-46(52)39-37-35-33-31-29-27-25-20-18-16-14-12-10-8-6-4-2/h11,13,17,19,44-45,47-51,53-55H,3-10,12,14-16,18,20-43H2,1-2H3/b13-11-,19-17-. The van der Waals surface area contributed by atoms with Gasteiger partial charge in [0.05, 0.1) is 19.8 Å². The van der Waals surface area contributed by atoms with Crippen molar-refractivity contribution in [2.75, 3.05) is 26.4 Å². The fraction of sp³-hybridized carbons (Fsp3) is 0.900. The number of unbranched alkanes of at least 4 members (excludes halogenated alkanes) is 28. The lowest BCUT2D eigenvalue weighted by Crippen LogP contribution is -2.59. The smallest absolute Gasteiger partial charge is 0.306 e. The molecule has 0 bridgehead atoms. The van der Waals surface area contributed by atoms with E-state index in [9.17, 15) is 25.2 Å². The van der Waals surface area contributed by atoms with E-state index < -0.39 is 43.4 Å². The summed E-state index contributed by atoms with van der Waals surface area (Å²) in [6.07, 6.45) is 42.0. The molecule has 4 N–H and O–H groups in total. The van der Waals surface area contributed by atoms with Gasteiger partial charge in [0.15, 0.2) is 6.29 Å². The highest BCUT2D eigenvalue weighted by Crippen LogP contribution is 2.23. The molecule has 6 unspecified atom stereocenters. The van der Waals surface area contributed by atoms with Gasteiger partial charge in [0.2, 0.25) is 0 Å². The van der Waals surface area contributed by atoms with Gasteiger partial charge in [-0.25, -0.2) is 0 Å². The number of hydrogen-bond donors (Lipinski definition) is 4. The molecule has 0 aromatic carbocycles. The molecular weight excluding hydrogens is 745 g/mol. The Morgan fingerprint density at radius 1 is 0.542 bits per heavy atom. The SMILES string of the molecule is CCCCC/C=C\C/C=C\CCCCCCCCCCCCOCC(COC1OC(CO)C(O)C(O)C1O)OC(=O)CCCCCCCCCCCCCCCCCC. The van der Waals surface area contributed by atoms with E-state index in [1.807, 2.05) is 0 Å². The summed E-state index contributed by atoms with van der Waals surface area (Å²) in [7, 11) is 0. The van der Waals surface area contributed by atoms with Crippen molar-refractivity contribution in [3.05, 3.63) is 24.3 Å². The van der Waals surface area contributed by atoms with Crippen LogP contribution in [0.2, 0.25) is 0 Å². The van der Waals surface area contributed by atoms with Crippen LogP contribution in [0.25, 0.3) is 0 Å². The Balaban J connectivity index is 2.21. The average Bonchev–Trinajstić information content (AvgIpc) is 3.24. The zero-order chi connectivity index (χ0) is 42.9. The van der Waals surface area contributed by atoms with Crippen molar-refractivity contribution in [2.45, 2.75) is 263 Å². The number of esters is 1. The molecule has 1 saturated heterocycles. The van der Waals surface area contributed by atoms with Crippen molar-refractivity contribution in [3.63, 3.8) is 0 Å². The first-order chi connectivity index (χ1) is 28.9. The molecule has 0 aromatic rings. The number of carbonyl (C=O) groups is 1. The third-order valence-electron chi connectivity index (χ3n) is 11.6. The van der Waals surface area contributed by atoms with Gasteiger partial charge in [0, 0.05) is 13.0 Å². The third-order valence-corrected chi connectivity index (χ3v) is 11.6. The number of aliphatic hydroxyl groups is 4. The van der Waals surface area contributed by atoms with Crippen molar-refractivity contribution >= 4 is 5.97 Å². The number of allylic oxidation sites excluding steroid dienone is 4. The predicted octanol–water partition coefficient (Wildman–Crippen LogP) is 11.8. The zero-order valence-corrected chi connectivity index (χ0v) is 38.3. The lowest BCUT2D eigenvalue weighted by molar-refractivity contribution is -0.305. The van der Waals surface area contributed by atoms with E-state index in [-0.39, 0.29) is 19.2 Å². The van der Waals surface area contributed by atoms with E-state index in [0.29, 0.717) is 13.0 Å². The molecule has 59 heavy (non-hydrogen) atoms. The molecule has 0 aliphatic carbocycles. The maximum absolute atomic E-state index is 12.8. The summed E-state index contributed by atoms with van der Waals surface area (Å²) < 4.78 is 22.9. The van der Waals surface area contributed by atoms with E-state index >= 15 is 0 Å². The number of hydrogen-bond acceptors (Lipinski definition) is 9. The van der Waals surface area contributed by atoms with Crippen LogP contribution in [0.1, 0.15) is 226 Å². The molecule has 1 aliphatic rings. The molecule has 6 atom stereocenters. The number of ether oxygens (including phenoxy) is 4. The van der Waals surface area contributed by atoms with Crippen LogP contribution in [0.4, 0.5) is 0 Å². The molecule has 1 heterocycles. The molecule has 0 spiro atoms. The Labute approximate surface area is 362 Å².